The summed E-state index contributed by atoms with van der Waals surface area (Å²) < 4.78 is 13.3. The number of anilines is 1. The number of rotatable bonds is 14. The molecule has 3 saturated heterocycles. The molecule has 2 amide bonds. The smallest absolute Gasteiger partial charge is 0.224 e. The van der Waals surface area contributed by atoms with Crippen molar-refractivity contribution in [3.63, 3.8) is 0 Å². The van der Waals surface area contributed by atoms with Gasteiger partial charge in [-0.15, -0.1) is 0 Å². The minimum atomic E-state index is -0.554. The number of nitrogens with one attached hydrogen (secondary N) is 2. The Bertz CT molecular complexity index is 1200. The van der Waals surface area contributed by atoms with Crippen LogP contribution < -0.4 is 10.6 Å². The number of hydrogen-bond acceptors (Lipinski definition) is 7. The maximum absolute atomic E-state index is 12.7. The second-order valence-corrected chi connectivity index (χ2v) is 12.6. The number of amides is 2. The summed E-state index contributed by atoms with van der Waals surface area (Å²) in [6.07, 6.45) is 8.13. The Labute approximate surface area is 262 Å². The highest BCUT2D eigenvalue weighted by atomic mass is 16.7. The van der Waals surface area contributed by atoms with Gasteiger partial charge < -0.3 is 30.1 Å². The van der Waals surface area contributed by atoms with Crippen LogP contribution in [-0.4, -0.2) is 78.1 Å². The summed E-state index contributed by atoms with van der Waals surface area (Å²) in [5, 5.41) is 15.4. The molecule has 240 valence electrons. The van der Waals surface area contributed by atoms with Crippen LogP contribution in [-0.2, 0) is 25.7 Å². The minimum absolute atomic E-state index is 0.00573. The third kappa shape index (κ3) is 9.59. The highest BCUT2D eigenvalue weighted by Crippen LogP contribution is 2.39. The number of aliphatic hydroxyl groups is 1. The highest BCUT2D eigenvalue weighted by molar-refractivity contribution is 5.90. The van der Waals surface area contributed by atoms with E-state index in [1.54, 1.807) is 0 Å². The van der Waals surface area contributed by atoms with Gasteiger partial charge in [0.15, 0.2) is 6.29 Å². The van der Waals surface area contributed by atoms with Crippen molar-refractivity contribution < 1.29 is 24.2 Å². The van der Waals surface area contributed by atoms with Gasteiger partial charge in [-0.3, -0.25) is 14.5 Å². The van der Waals surface area contributed by atoms with E-state index in [4.69, 9.17) is 9.47 Å². The SMILES string of the molecule is CC(=O)NCCCCCC(=O)Nc1cccc([C@H]2O[C@@H](CN3CCC[C@H]3CN3CCCC3)C[C@@H](c3ccc(CO)cc3)O2)c1. The van der Waals surface area contributed by atoms with Crippen molar-refractivity contribution in [1.82, 2.24) is 15.1 Å². The van der Waals surface area contributed by atoms with Gasteiger partial charge in [-0.25, -0.2) is 0 Å². The summed E-state index contributed by atoms with van der Waals surface area (Å²) in [4.78, 5) is 28.9. The molecule has 0 aromatic heterocycles. The minimum Gasteiger partial charge on any atom is -0.392 e. The lowest BCUT2D eigenvalue weighted by molar-refractivity contribution is -0.253. The topological polar surface area (TPSA) is 103 Å². The third-order valence-electron chi connectivity index (χ3n) is 9.12. The zero-order valence-corrected chi connectivity index (χ0v) is 26.2. The lowest BCUT2D eigenvalue weighted by Crippen LogP contribution is -2.45. The fourth-order valence-corrected chi connectivity index (χ4v) is 6.74. The van der Waals surface area contributed by atoms with Gasteiger partial charge in [0.1, 0.15) is 0 Å². The lowest BCUT2D eigenvalue weighted by atomic mass is 9.99. The second kappa shape index (κ2) is 16.5. The first-order valence-electron chi connectivity index (χ1n) is 16.6. The van der Waals surface area contributed by atoms with E-state index in [-0.39, 0.29) is 30.6 Å². The van der Waals surface area contributed by atoms with E-state index in [9.17, 15) is 14.7 Å². The number of likely N-dealkylation sites (tertiary alicyclic amines) is 2. The van der Waals surface area contributed by atoms with Gasteiger partial charge in [-0.2, -0.15) is 0 Å². The maximum atomic E-state index is 12.7. The number of unbranched alkanes of at least 4 members (excludes halogenated alkanes) is 2. The molecule has 0 aliphatic carbocycles. The Morgan fingerprint density at radius 2 is 1.75 bits per heavy atom. The van der Waals surface area contributed by atoms with Gasteiger partial charge in [0.2, 0.25) is 11.8 Å². The molecule has 0 unspecified atom stereocenters. The summed E-state index contributed by atoms with van der Waals surface area (Å²) >= 11 is 0. The molecule has 2 aromatic carbocycles. The average Bonchev–Trinajstić information content (AvgIpc) is 3.71. The zero-order valence-electron chi connectivity index (χ0n) is 26.2. The largest absolute Gasteiger partial charge is 0.392 e. The first kappa shape index (κ1) is 32.6. The maximum Gasteiger partial charge on any atom is 0.224 e. The Morgan fingerprint density at radius 3 is 2.52 bits per heavy atom. The van der Waals surface area contributed by atoms with E-state index >= 15 is 0 Å². The Kier molecular flexibility index (Phi) is 12.2. The van der Waals surface area contributed by atoms with Crippen molar-refractivity contribution >= 4 is 17.5 Å². The van der Waals surface area contributed by atoms with Crippen LogP contribution in [0.5, 0.6) is 0 Å². The Morgan fingerprint density at radius 1 is 0.932 bits per heavy atom. The van der Waals surface area contributed by atoms with Gasteiger partial charge in [-0.1, -0.05) is 42.8 Å². The fourth-order valence-electron chi connectivity index (χ4n) is 6.74. The molecule has 0 saturated carbocycles. The number of aliphatic hydroxyl groups excluding tert-OH is 1. The third-order valence-corrected chi connectivity index (χ3v) is 9.12. The van der Waals surface area contributed by atoms with Crippen LogP contribution in [0.15, 0.2) is 48.5 Å². The fraction of sp³-hybridized carbons (Fsp3) is 0.600. The normalized spacial score (nSPS) is 24.4. The monoisotopic (exact) mass is 606 g/mol. The van der Waals surface area contributed by atoms with Gasteiger partial charge in [0.25, 0.3) is 0 Å². The molecule has 3 aliphatic rings. The van der Waals surface area contributed by atoms with Crippen LogP contribution in [0.2, 0.25) is 0 Å². The van der Waals surface area contributed by atoms with Crippen LogP contribution in [0, 0.1) is 0 Å². The van der Waals surface area contributed by atoms with Gasteiger partial charge in [0.05, 0.1) is 18.8 Å². The first-order chi connectivity index (χ1) is 21.5. The summed E-state index contributed by atoms with van der Waals surface area (Å²) in [5.41, 5.74) is 3.58. The van der Waals surface area contributed by atoms with Gasteiger partial charge in [-0.05, 0) is 81.4 Å². The molecule has 0 bridgehead atoms. The van der Waals surface area contributed by atoms with Crippen LogP contribution in [0.4, 0.5) is 5.69 Å². The number of hydrogen-bond donors (Lipinski definition) is 3. The van der Waals surface area contributed by atoms with Crippen molar-refractivity contribution in [1.29, 1.82) is 0 Å². The number of nitrogens with zero attached hydrogens (tertiary/aromatic N) is 2. The predicted octanol–water partition coefficient (Wildman–Crippen LogP) is 4.92. The molecule has 3 N–H and O–H groups in total. The molecule has 3 aliphatic heterocycles. The van der Waals surface area contributed by atoms with Crippen LogP contribution in [0.3, 0.4) is 0 Å². The Hall–Kier alpha value is -2.82. The molecular formula is C35H50N4O5. The lowest BCUT2D eigenvalue weighted by Gasteiger charge is -2.39. The van der Waals surface area contributed by atoms with E-state index in [2.05, 4.69) is 32.6 Å². The van der Waals surface area contributed by atoms with E-state index in [1.807, 2.05) is 36.4 Å². The summed E-state index contributed by atoms with van der Waals surface area (Å²) in [7, 11) is 0. The second-order valence-electron chi connectivity index (χ2n) is 12.6. The molecule has 44 heavy (non-hydrogen) atoms. The summed E-state index contributed by atoms with van der Waals surface area (Å²) in [5.74, 6) is -0.0477. The van der Waals surface area contributed by atoms with Crippen molar-refractivity contribution in [3.05, 3.63) is 65.2 Å². The summed E-state index contributed by atoms with van der Waals surface area (Å²) in [6.45, 7) is 7.75. The molecule has 0 radical (unpaired) electrons. The van der Waals surface area contributed by atoms with Crippen LogP contribution in [0.25, 0.3) is 0 Å². The average molecular weight is 607 g/mol. The van der Waals surface area contributed by atoms with E-state index in [0.717, 1.165) is 67.7 Å². The number of ether oxygens (including phenoxy) is 2. The molecule has 4 atom stereocenters. The van der Waals surface area contributed by atoms with E-state index in [1.165, 1.54) is 45.7 Å². The van der Waals surface area contributed by atoms with E-state index < -0.39 is 6.29 Å². The number of carbonyl (C=O) groups excluding carboxylic acids is 2. The Balaban J connectivity index is 1.23. The molecule has 0 spiro atoms. The number of benzene rings is 2. The molecule has 5 rings (SSSR count). The number of carbonyl (C=O) groups is 2. The van der Waals surface area contributed by atoms with Crippen molar-refractivity contribution in [2.45, 2.75) is 95.9 Å². The molecular weight excluding hydrogens is 556 g/mol. The van der Waals surface area contributed by atoms with Crippen LogP contribution >= 0.6 is 0 Å². The first-order valence-corrected chi connectivity index (χ1v) is 16.6. The molecule has 9 heteroatoms. The predicted molar refractivity (Wildman–Crippen MR) is 171 cm³/mol. The zero-order chi connectivity index (χ0) is 30.7. The van der Waals surface area contributed by atoms with Crippen molar-refractivity contribution in [3.8, 4) is 0 Å². The van der Waals surface area contributed by atoms with Crippen molar-refractivity contribution in [2.75, 3.05) is 44.6 Å². The highest BCUT2D eigenvalue weighted by Gasteiger charge is 2.36. The standard InChI is InChI=1S/C35H50N4O5/c1-26(41)36-17-4-2-3-12-34(42)37-30-10-7-9-29(21-30)35-43-32(22-33(44-35)28-15-13-27(25-40)14-16-28)24-39-20-8-11-31(39)23-38-18-5-6-19-38/h7,9-10,13-16,21,31-33,35,40H,2-6,8,11-12,17-20,22-25H2,1H3,(H,36,41)(H,37,42)/t31-,32+,33-,35-/m0/s1. The molecule has 9 nitrogen and oxygen atoms in total. The van der Waals surface area contributed by atoms with Gasteiger partial charge >= 0.3 is 0 Å². The summed E-state index contributed by atoms with van der Waals surface area (Å²) in [6, 6.07) is 16.4. The quantitative estimate of drug-likeness (QED) is 0.263. The van der Waals surface area contributed by atoms with E-state index in [0.29, 0.717) is 19.0 Å². The molecule has 3 heterocycles. The van der Waals surface area contributed by atoms with Crippen molar-refractivity contribution in [2.24, 2.45) is 0 Å². The van der Waals surface area contributed by atoms with Gasteiger partial charge in [0, 0.05) is 56.7 Å². The molecule has 3 fully saturated rings. The molecule has 2 aromatic rings. The van der Waals surface area contributed by atoms with Crippen LogP contribution in [0.1, 0.15) is 93.8 Å².